The molecule has 3 amide bonds. The van der Waals surface area contributed by atoms with Gasteiger partial charge in [0.2, 0.25) is 0 Å². The normalized spacial score (nSPS) is 19.7. The molecule has 13 nitrogen and oxygen atoms in total. The van der Waals surface area contributed by atoms with Crippen LogP contribution in [0.4, 0.5) is 10.5 Å². The fourth-order valence-corrected chi connectivity index (χ4v) is 6.64. The minimum Gasteiger partial charge on any atom is -0.466 e. The van der Waals surface area contributed by atoms with E-state index in [-0.39, 0.29) is 37.2 Å². The number of amides is 3. The molecule has 4 heterocycles. The number of hydrogen-bond acceptors (Lipinski definition) is 11. The van der Waals surface area contributed by atoms with Crippen molar-refractivity contribution in [1.29, 1.82) is 0 Å². The number of thiazole rings is 1. The predicted molar refractivity (Wildman–Crippen MR) is 177 cm³/mol. The number of piperazine rings is 1. The molecule has 3 aromatic rings. The van der Waals surface area contributed by atoms with Gasteiger partial charge >= 0.3 is 12.0 Å². The van der Waals surface area contributed by atoms with Crippen molar-refractivity contribution in [3.05, 3.63) is 81.9 Å². The highest BCUT2D eigenvalue weighted by atomic mass is 32.1. The Labute approximate surface area is 276 Å². The Morgan fingerprint density at radius 1 is 1.09 bits per heavy atom. The Balaban J connectivity index is 1.08. The number of nitrogens with one attached hydrogen (secondary N) is 1. The van der Waals surface area contributed by atoms with Crippen molar-refractivity contribution in [3.8, 4) is 11.5 Å². The number of carbonyl (C=O) groups excluding carboxylic acids is 3. The second-order valence-corrected chi connectivity index (χ2v) is 12.4. The zero-order chi connectivity index (χ0) is 33.1. The molecule has 0 unspecified atom stereocenters. The molecule has 47 heavy (non-hydrogen) atoms. The number of benzene rings is 2. The van der Waals surface area contributed by atoms with E-state index in [0.717, 1.165) is 16.4 Å². The van der Waals surface area contributed by atoms with Gasteiger partial charge in [0.25, 0.3) is 5.91 Å². The molecule has 0 radical (unpaired) electrons. The van der Waals surface area contributed by atoms with E-state index >= 15 is 0 Å². The van der Waals surface area contributed by atoms with Crippen LogP contribution in [0.1, 0.15) is 22.3 Å². The second-order valence-electron chi connectivity index (χ2n) is 11.5. The van der Waals surface area contributed by atoms with Crippen LogP contribution in [0.5, 0.6) is 11.5 Å². The van der Waals surface area contributed by atoms with Gasteiger partial charge in [0, 0.05) is 74.8 Å². The maximum Gasteiger partial charge on any atom is 0.337 e. The number of fused-ring (bicyclic) bond motifs is 1. The molecule has 2 aromatic carbocycles. The first-order valence-electron chi connectivity index (χ1n) is 15.4. The Morgan fingerprint density at radius 3 is 2.47 bits per heavy atom. The molecule has 6 rings (SSSR count). The number of urea groups is 1. The molecule has 246 valence electrons. The number of aliphatic hydroxyl groups excluding tert-OH is 1. The molecule has 0 aliphatic carbocycles. The topological polar surface area (TPSA) is 140 Å². The van der Waals surface area contributed by atoms with Crippen LogP contribution >= 0.6 is 11.3 Å². The third-order valence-corrected chi connectivity index (χ3v) is 9.24. The average molecular weight is 660 g/mol. The number of hydrogen-bond donors (Lipinski definition) is 2. The standard InChI is InChI=1S/C33H37N7O6S/c1-21-28(32(43)45-3)27(36-29(35-21)30-34-12-17-47-30)20-38-13-14-39-24(18-38)19-40(33(39)44)23-6-10-26(11-7-23)46-25-8-4-22(5-9-25)31(42)37(2)15-16-41/h4-12,17,21,24,41H,13-16,18-20H2,1-3H3,(H,35,36)/t21-,24-/m0/s1. The van der Waals surface area contributed by atoms with E-state index in [1.54, 1.807) is 42.4 Å². The number of ether oxygens (including phenoxy) is 2. The highest BCUT2D eigenvalue weighted by molar-refractivity contribution is 7.11. The summed E-state index contributed by atoms with van der Waals surface area (Å²) in [5, 5.41) is 15.1. The van der Waals surface area contributed by atoms with Crippen LogP contribution in [0.3, 0.4) is 0 Å². The van der Waals surface area contributed by atoms with E-state index in [2.05, 4.69) is 20.2 Å². The smallest absolute Gasteiger partial charge is 0.337 e. The molecule has 2 atom stereocenters. The van der Waals surface area contributed by atoms with Gasteiger partial charge in [-0.25, -0.2) is 14.6 Å². The maximum atomic E-state index is 13.4. The molecule has 14 heteroatoms. The van der Waals surface area contributed by atoms with Gasteiger partial charge in [-0.05, 0) is 55.5 Å². The summed E-state index contributed by atoms with van der Waals surface area (Å²) in [5.41, 5.74) is 2.52. The number of aliphatic imine (C=N–C) groups is 1. The van der Waals surface area contributed by atoms with Crippen LogP contribution in [0, 0.1) is 0 Å². The lowest BCUT2D eigenvalue weighted by Gasteiger charge is -2.37. The molecule has 0 spiro atoms. The van der Waals surface area contributed by atoms with Crippen LogP contribution in [-0.4, -0.2) is 121 Å². The zero-order valence-electron chi connectivity index (χ0n) is 26.5. The van der Waals surface area contributed by atoms with Crippen molar-refractivity contribution < 1.29 is 29.0 Å². The molecule has 3 aliphatic heterocycles. The first kappa shape index (κ1) is 32.2. The lowest BCUT2D eigenvalue weighted by Crippen LogP contribution is -2.53. The number of rotatable bonds is 10. The van der Waals surface area contributed by atoms with Crippen LogP contribution in [0.2, 0.25) is 0 Å². The number of anilines is 1. The van der Waals surface area contributed by atoms with Gasteiger partial charge < -0.3 is 29.7 Å². The molecule has 1 aromatic heterocycles. The van der Waals surface area contributed by atoms with E-state index in [9.17, 15) is 14.4 Å². The second kappa shape index (κ2) is 13.9. The summed E-state index contributed by atoms with van der Waals surface area (Å²) >= 11 is 1.48. The number of aliphatic hydroxyl groups is 1. The van der Waals surface area contributed by atoms with Crippen molar-refractivity contribution in [1.82, 2.24) is 25.0 Å². The minimum absolute atomic E-state index is 0.0138. The van der Waals surface area contributed by atoms with Gasteiger partial charge in [-0.1, -0.05) is 0 Å². The number of methoxy groups -OCH3 is 1. The third-order valence-electron chi connectivity index (χ3n) is 8.46. The van der Waals surface area contributed by atoms with Crippen LogP contribution in [-0.2, 0) is 9.53 Å². The van der Waals surface area contributed by atoms with E-state index < -0.39 is 5.97 Å². The first-order valence-corrected chi connectivity index (χ1v) is 16.2. The number of aromatic nitrogens is 1. The SMILES string of the molecule is COC(=O)C1=C(CN2CCN3C(=O)N(c4ccc(Oc5ccc(C(=O)N(C)CCO)cc5)cc4)C[C@@H]3C2)NC(c2nccs2)=N[C@H]1C. The fourth-order valence-electron chi connectivity index (χ4n) is 6.05. The van der Waals surface area contributed by atoms with E-state index in [1.165, 1.54) is 23.3 Å². The molecule has 0 saturated carbocycles. The highest BCUT2D eigenvalue weighted by Gasteiger charge is 2.42. The molecule has 0 bridgehead atoms. The summed E-state index contributed by atoms with van der Waals surface area (Å²) in [4.78, 5) is 55.0. The zero-order valence-corrected chi connectivity index (χ0v) is 27.3. The highest BCUT2D eigenvalue weighted by Crippen LogP contribution is 2.30. The number of likely N-dealkylation sites (N-methyl/N-ethyl adjacent to an activating group) is 1. The van der Waals surface area contributed by atoms with Gasteiger partial charge in [0.05, 0.1) is 31.4 Å². The monoisotopic (exact) mass is 659 g/mol. The Kier molecular flexibility index (Phi) is 9.52. The quantitative estimate of drug-likeness (QED) is 0.315. The van der Waals surface area contributed by atoms with Gasteiger partial charge in [-0.15, -0.1) is 11.3 Å². The van der Waals surface area contributed by atoms with Crippen LogP contribution in [0.25, 0.3) is 0 Å². The molecule has 2 saturated heterocycles. The van der Waals surface area contributed by atoms with Crippen molar-refractivity contribution >= 4 is 40.8 Å². The summed E-state index contributed by atoms with van der Waals surface area (Å²) in [6.07, 6.45) is 1.72. The first-order chi connectivity index (χ1) is 22.7. The Hall–Kier alpha value is -4.79. The largest absolute Gasteiger partial charge is 0.466 e. The Morgan fingerprint density at radius 2 is 1.81 bits per heavy atom. The van der Waals surface area contributed by atoms with E-state index in [4.69, 9.17) is 14.6 Å². The van der Waals surface area contributed by atoms with Crippen molar-refractivity contribution in [2.24, 2.45) is 4.99 Å². The van der Waals surface area contributed by atoms with Gasteiger partial charge in [0.15, 0.2) is 10.8 Å². The number of amidine groups is 1. The summed E-state index contributed by atoms with van der Waals surface area (Å²) in [6, 6.07) is 13.8. The average Bonchev–Trinajstić information content (AvgIpc) is 3.73. The summed E-state index contributed by atoms with van der Waals surface area (Å²) < 4.78 is 11.1. The number of carbonyl (C=O) groups is 3. The van der Waals surface area contributed by atoms with Gasteiger partial charge in [-0.3, -0.25) is 19.6 Å². The predicted octanol–water partition coefficient (Wildman–Crippen LogP) is 2.79. The molecule has 2 N–H and O–H groups in total. The summed E-state index contributed by atoms with van der Waals surface area (Å²) in [6.45, 7) is 4.93. The minimum atomic E-state index is -0.413. The molecular formula is C33H37N7O6S. The fraction of sp³-hybridized carbons (Fsp3) is 0.364. The number of esters is 1. The lowest BCUT2D eigenvalue weighted by molar-refractivity contribution is -0.136. The Bertz CT molecular complexity index is 1680. The van der Waals surface area contributed by atoms with Gasteiger partial charge in [0.1, 0.15) is 11.5 Å². The summed E-state index contributed by atoms with van der Waals surface area (Å²) in [5.74, 6) is 1.22. The third kappa shape index (κ3) is 6.84. The van der Waals surface area contributed by atoms with Crippen LogP contribution < -0.4 is 15.0 Å². The van der Waals surface area contributed by atoms with Crippen LogP contribution in [0.15, 0.2) is 76.4 Å². The maximum absolute atomic E-state index is 13.4. The molecule has 2 fully saturated rings. The van der Waals surface area contributed by atoms with E-state index in [0.29, 0.717) is 61.2 Å². The molecular weight excluding hydrogens is 622 g/mol. The lowest BCUT2D eigenvalue weighted by atomic mass is 10.0. The molecule has 3 aliphatic rings. The summed E-state index contributed by atoms with van der Waals surface area (Å²) in [7, 11) is 3.01. The van der Waals surface area contributed by atoms with Crippen molar-refractivity contribution in [2.45, 2.75) is 19.0 Å². The van der Waals surface area contributed by atoms with Crippen molar-refractivity contribution in [3.63, 3.8) is 0 Å². The number of nitrogens with zero attached hydrogens (tertiary/aromatic N) is 6. The van der Waals surface area contributed by atoms with Crippen molar-refractivity contribution in [2.75, 3.05) is 64.9 Å². The van der Waals surface area contributed by atoms with Gasteiger partial charge in [-0.2, -0.15) is 0 Å². The van der Waals surface area contributed by atoms with E-state index in [1.807, 2.05) is 41.5 Å².